The minimum absolute atomic E-state index is 0.233. The third-order valence-corrected chi connectivity index (χ3v) is 4.11. The average molecular weight is 396 g/mol. The van der Waals surface area contributed by atoms with Crippen LogP contribution in [0.15, 0.2) is 36.7 Å². The van der Waals surface area contributed by atoms with E-state index >= 15 is 0 Å². The number of rotatable bonds is 5. The van der Waals surface area contributed by atoms with Crippen LogP contribution >= 0.6 is 0 Å². The summed E-state index contributed by atoms with van der Waals surface area (Å²) in [6.45, 7) is 0.832. The smallest absolute Gasteiger partial charge is 0.471 e. The van der Waals surface area contributed by atoms with Gasteiger partial charge in [-0.15, -0.1) is 13.2 Å². The molecular weight excluding hydrogens is 377 g/mol. The largest absolute Gasteiger partial charge is 0.573 e. The van der Waals surface area contributed by atoms with Gasteiger partial charge in [-0.05, 0) is 24.3 Å². The Morgan fingerprint density at radius 3 is 2.57 bits per heavy atom. The van der Waals surface area contributed by atoms with Crippen molar-refractivity contribution in [2.24, 2.45) is 0 Å². The molecule has 0 radical (unpaired) electrons. The van der Waals surface area contributed by atoms with Gasteiger partial charge in [0.2, 0.25) is 5.88 Å². The van der Waals surface area contributed by atoms with E-state index in [2.05, 4.69) is 14.7 Å². The molecule has 1 fully saturated rings. The van der Waals surface area contributed by atoms with Gasteiger partial charge in [-0.25, -0.2) is 0 Å². The van der Waals surface area contributed by atoms with Crippen LogP contribution in [0.1, 0.15) is 16.8 Å². The monoisotopic (exact) mass is 396 g/mol. The van der Waals surface area contributed by atoms with Gasteiger partial charge in [0.05, 0.1) is 18.9 Å². The number of alkyl halides is 3. The molecule has 1 unspecified atom stereocenters. The Balaban J connectivity index is 1.59. The summed E-state index contributed by atoms with van der Waals surface area (Å²) in [6, 6.07) is 4.85. The molecule has 2 aromatic rings. The molecule has 2 heterocycles. The van der Waals surface area contributed by atoms with Gasteiger partial charge < -0.3 is 19.3 Å². The molecule has 7 nitrogen and oxygen atoms in total. The first kappa shape index (κ1) is 19.7. The highest BCUT2D eigenvalue weighted by Crippen LogP contribution is 2.24. The molecule has 1 saturated heterocycles. The Morgan fingerprint density at radius 2 is 1.93 bits per heavy atom. The minimum atomic E-state index is -4.77. The van der Waals surface area contributed by atoms with Crippen molar-refractivity contribution in [1.29, 1.82) is 0 Å². The molecule has 0 bridgehead atoms. The molecule has 0 N–H and O–H groups in total. The van der Waals surface area contributed by atoms with Gasteiger partial charge in [0.15, 0.2) is 5.82 Å². The first-order valence-corrected chi connectivity index (χ1v) is 8.52. The highest BCUT2D eigenvalue weighted by atomic mass is 19.4. The van der Waals surface area contributed by atoms with Crippen LogP contribution < -0.4 is 14.4 Å². The Labute approximate surface area is 159 Å². The second-order valence-electron chi connectivity index (χ2n) is 6.46. The summed E-state index contributed by atoms with van der Waals surface area (Å²) in [6.07, 6.45) is -1.25. The normalized spacial score (nSPS) is 16.8. The van der Waals surface area contributed by atoms with Crippen LogP contribution in [0, 0.1) is 0 Å². The third kappa shape index (κ3) is 5.02. The lowest BCUT2D eigenvalue weighted by atomic mass is 10.2. The van der Waals surface area contributed by atoms with Crippen LogP contribution in [-0.2, 0) is 0 Å². The Bertz CT molecular complexity index is 828. The average Bonchev–Trinajstić information content (AvgIpc) is 3.09. The van der Waals surface area contributed by atoms with Crippen molar-refractivity contribution in [1.82, 2.24) is 14.9 Å². The maximum atomic E-state index is 12.6. The lowest BCUT2D eigenvalue weighted by Crippen LogP contribution is -2.31. The summed E-state index contributed by atoms with van der Waals surface area (Å²) in [5.41, 5.74) is 0.282. The highest BCUT2D eigenvalue weighted by Gasteiger charge is 2.32. The molecule has 3 rings (SSSR count). The standard InChI is InChI=1S/C18H19F3N4O3/c1-24(2)15-9-22-10-16(23-15)27-14-7-8-25(11-14)17(26)12-3-5-13(6-4-12)28-18(19,20)21/h3-6,9-10,14H,7-8,11H2,1-2H3. The number of likely N-dealkylation sites (tertiary alicyclic amines) is 1. The van der Waals surface area contributed by atoms with Gasteiger partial charge >= 0.3 is 6.36 Å². The first-order valence-electron chi connectivity index (χ1n) is 8.52. The minimum Gasteiger partial charge on any atom is -0.471 e. The van der Waals surface area contributed by atoms with Crippen LogP contribution in [0.2, 0.25) is 0 Å². The molecule has 0 aliphatic carbocycles. The summed E-state index contributed by atoms with van der Waals surface area (Å²) >= 11 is 0. The highest BCUT2D eigenvalue weighted by molar-refractivity contribution is 5.94. The Morgan fingerprint density at radius 1 is 1.21 bits per heavy atom. The lowest BCUT2D eigenvalue weighted by molar-refractivity contribution is -0.274. The van der Waals surface area contributed by atoms with E-state index in [4.69, 9.17) is 4.74 Å². The predicted molar refractivity (Wildman–Crippen MR) is 94.4 cm³/mol. The fraction of sp³-hybridized carbons (Fsp3) is 0.389. The van der Waals surface area contributed by atoms with Crippen molar-refractivity contribution in [3.63, 3.8) is 0 Å². The molecule has 1 aliphatic rings. The maximum absolute atomic E-state index is 12.6. The Kier molecular flexibility index (Phi) is 5.57. The molecule has 0 spiro atoms. The second kappa shape index (κ2) is 7.91. The van der Waals surface area contributed by atoms with Crippen LogP contribution in [-0.4, -0.2) is 60.4 Å². The van der Waals surface area contributed by atoms with Gasteiger partial charge in [-0.1, -0.05) is 0 Å². The molecule has 1 aliphatic heterocycles. The number of aromatic nitrogens is 2. The molecule has 1 amide bonds. The maximum Gasteiger partial charge on any atom is 0.573 e. The molecule has 0 saturated carbocycles. The second-order valence-corrected chi connectivity index (χ2v) is 6.46. The van der Waals surface area contributed by atoms with Crippen LogP contribution in [0.4, 0.5) is 19.0 Å². The van der Waals surface area contributed by atoms with Crippen LogP contribution in [0.25, 0.3) is 0 Å². The van der Waals surface area contributed by atoms with Gasteiger partial charge in [-0.3, -0.25) is 9.78 Å². The summed E-state index contributed by atoms with van der Waals surface area (Å²) in [5.74, 6) is 0.382. The number of carbonyl (C=O) groups is 1. The molecule has 1 aromatic carbocycles. The predicted octanol–water partition coefficient (Wildman–Crippen LogP) is 2.73. The summed E-state index contributed by atoms with van der Waals surface area (Å²) in [7, 11) is 3.68. The number of hydrogen-bond donors (Lipinski definition) is 0. The van der Waals surface area contributed by atoms with Crippen LogP contribution in [0.5, 0.6) is 11.6 Å². The fourth-order valence-corrected chi connectivity index (χ4v) is 2.77. The summed E-state index contributed by atoms with van der Waals surface area (Å²) in [5, 5.41) is 0. The number of amides is 1. The summed E-state index contributed by atoms with van der Waals surface area (Å²) in [4.78, 5) is 24.4. The van der Waals surface area contributed by atoms with E-state index in [1.54, 1.807) is 16.0 Å². The van der Waals surface area contributed by atoms with E-state index in [0.29, 0.717) is 31.2 Å². The molecule has 1 aromatic heterocycles. The van der Waals surface area contributed by atoms with Crippen molar-refractivity contribution in [2.45, 2.75) is 18.9 Å². The quantitative estimate of drug-likeness (QED) is 0.774. The first-order chi connectivity index (χ1) is 13.2. The van der Waals surface area contributed by atoms with Crippen molar-refractivity contribution >= 4 is 11.7 Å². The van der Waals surface area contributed by atoms with Crippen molar-refractivity contribution in [3.8, 4) is 11.6 Å². The van der Waals surface area contributed by atoms with Crippen molar-refractivity contribution in [3.05, 3.63) is 42.2 Å². The molecule has 1 atom stereocenters. The third-order valence-electron chi connectivity index (χ3n) is 4.11. The van der Waals surface area contributed by atoms with Gasteiger partial charge in [0, 0.05) is 32.6 Å². The number of benzene rings is 1. The van der Waals surface area contributed by atoms with Crippen molar-refractivity contribution < 1.29 is 27.4 Å². The number of carbonyl (C=O) groups excluding carboxylic acids is 1. The van der Waals surface area contributed by atoms with Gasteiger partial charge in [-0.2, -0.15) is 4.98 Å². The molecule has 10 heteroatoms. The van der Waals surface area contributed by atoms with E-state index < -0.39 is 6.36 Å². The van der Waals surface area contributed by atoms with E-state index in [9.17, 15) is 18.0 Å². The molecular formula is C18H19F3N4O3. The zero-order valence-electron chi connectivity index (χ0n) is 15.3. The summed E-state index contributed by atoms with van der Waals surface area (Å²) < 4.78 is 46.3. The number of hydrogen-bond acceptors (Lipinski definition) is 6. The van der Waals surface area contributed by atoms with Crippen molar-refractivity contribution in [2.75, 3.05) is 32.1 Å². The van der Waals surface area contributed by atoms with Gasteiger partial charge in [0.1, 0.15) is 11.9 Å². The number of ether oxygens (including phenoxy) is 2. The molecule has 150 valence electrons. The van der Waals surface area contributed by atoms with E-state index in [0.717, 1.165) is 12.1 Å². The number of anilines is 1. The van der Waals surface area contributed by atoms with Gasteiger partial charge in [0.25, 0.3) is 5.91 Å². The SMILES string of the molecule is CN(C)c1cncc(OC2CCN(C(=O)c3ccc(OC(F)(F)F)cc3)C2)n1. The van der Waals surface area contributed by atoms with E-state index in [1.165, 1.54) is 18.3 Å². The molecule has 28 heavy (non-hydrogen) atoms. The van der Waals surface area contributed by atoms with E-state index in [1.807, 2.05) is 14.1 Å². The number of nitrogens with zero attached hydrogens (tertiary/aromatic N) is 4. The Hall–Kier alpha value is -3.04. The fourth-order valence-electron chi connectivity index (χ4n) is 2.77. The van der Waals surface area contributed by atoms with E-state index in [-0.39, 0.29) is 23.3 Å². The topological polar surface area (TPSA) is 67.8 Å². The number of halogens is 3. The lowest BCUT2D eigenvalue weighted by Gasteiger charge is -2.18. The van der Waals surface area contributed by atoms with Crippen LogP contribution in [0.3, 0.4) is 0 Å². The zero-order valence-corrected chi connectivity index (χ0v) is 15.3. The zero-order chi connectivity index (χ0) is 20.3.